The predicted molar refractivity (Wildman–Crippen MR) is 48.0 cm³/mol. The lowest BCUT2D eigenvalue weighted by Crippen LogP contribution is -1.95. The van der Waals surface area contributed by atoms with E-state index in [9.17, 15) is 0 Å². The Hall–Kier alpha value is -1.25. The minimum Gasteiger partial charge on any atom is -0.424 e. The van der Waals surface area contributed by atoms with Crippen molar-refractivity contribution in [1.29, 1.82) is 0 Å². The van der Waals surface area contributed by atoms with Gasteiger partial charge in [0.1, 0.15) is 0 Å². The molecule has 0 fully saturated rings. The van der Waals surface area contributed by atoms with Gasteiger partial charge in [0, 0.05) is 7.05 Å². The Morgan fingerprint density at radius 3 is 3.08 bits per heavy atom. The molecule has 0 atom stereocenters. The minimum absolute atomic E-state index is 0.617. The lowest BCUT2D eigenvalue weighted by molar-refractivity contribution is 0.560. The van der Waals surface area contributed by atoms with Crippen LogP contribution in [0.4, 0.5) is 6.01 Å². The van der Waals surface area contributed by atoms with E-state index in [2.05, 4.69) is 23.3 Å². The zero-order valence-electron chi connectivity index (χ0n) is 7.35. The second-order valence-corrected chi connectivity index (χ2v) is 3.07. The Bertz CT molecular complexity index is 325. The summed E-state index contributed by atoms with van der Waals surface area (Å²) in [6.45, 7) is 2.12. The minimum atomic E-state index is 0.617. The largest absolute Gasteiger partial charge is 0.424 e. The number of nitrogens with one attached hydrogen (secondary N) is 1. The number of allylic oxidation sites excluding steroid dienone is 1. The van der Waals surface area contributed by atoms with Crippen LogP contribution in [0, 0.1) is 0 Å². The van der Waals surface area contributed by atoms with Crippen LogP contribution in [-0.2, 0) is 6.42 Å². The molecule has 64 valence electrons. The second-order valence-electron chi connectivity index (χ2n) is 3.07. The molecule has 12 heavy (non-hydrogen) atoms. The Morgan fingerprint density at radius 1 is 1.50 bits per heavy atom. The monoisotopic (exact) mass is 164 g/mol. The van der Waals surface area contributed by atoms with Crippen molar-refractivity contribution < 1.29 is 4.42 Å². The van der Waals surface area contributed by atoms with Gasteiger partial charge in [-0.15, -0.1) is 0 Å². The number of nitrogens with zero attached hydrogens (tertiary/aromatic N) is 1. The molecule has 1 aromatic heterocycles. The summed E-state index contributed by atoms with van der Waals surface area (Å²) in [6, 6.07) is 0.617. The van der Waals surface area contributed by atoms with Crippen LogP contribution in [0.1, 0.15) is 24.8 Å². The van der Waals surface area contributed by atoms with E-state index in [0.29, 0.717) is 6.01 Å². The van der Waals surface area contributed by atoms with Crippen LogP contribution in [0.5, 0.6) is 0 Å². The van der Waals surface area contributed by atoms with Crippen molar-refractivity contribution in [2.24, 2.45) is 0 Å². The zero-order valence-corrected chi connectivity index (χ0v) is 7.35. The molecular formula is C9H12N2O. The number of oxazole rings is 1. The molecular weight excluding hydrogens is 152 g/mol. The fourth-order valence-electron chi connectivity index (χ4n) is 1.37. The number of hydrogen-bond donors (Lipinski definition) is 1. The van der Waals surface area contributed by atoms with Crippen LogP contribution < -0.4 is 5.32 Å². The van der Waals surface area contributed by atoms with Gasteiger partial charge in [-0.05, 0) is 25.8 Å². The summed E-state index contributed by atoms with van der Waals surface area (Å²) in [4.78, 5) is 4.28. The summed E-state index contributed by atoms with van der Waals surface area (Å²) in [7, 11) is 1.81. The van der Waals surface area contributed by atoms with Gasteiger partial charge in [0.15, 0.2) is 5.76 Å². The van der Waals surface area contributed by atoms with E-state index in [0.717, 1.165) is 24.3 Å². The van der Waals surface area contributed by atoms with E-state index in [-0.39, 0.29) is 0 Å². The van der Waals surface area contributed by atoms with E-state index in [1.54, 1.807) is 0 Å². The van der Waals surface area contributed by atoms with Crippen LogP contribution in [0.15, 0.2) is 9.99 Å². The summed E-state index contributed by atoms with van der Waals surface area (Å²) < 4.78 is 5.43. The van der Waals surface area contributed by atoms with Crippen molar-refractivity contribution >= 4 is 12.1 Å². The first kappa shape index (κ1) is 7.40. The van der Waals surface area contributed by atoms with E-state index in [4.69, 9.17) is 4.42 Å². The summed E-state index contributed by atoms with van der Waals surface area (Å²) in [5, 5.41) is 2.89. The zero-order chi connectivity index (χ0) is 8.55. The average molecular weight is 164 g/mol. The molecule has 0 saturated carbocycles. The quantitative estimate of drug-likeness (QED) is 0.690. The van der Waals surface area contributed by atoms with Crippen molar-refractivity contribution in [3.8, 4) is 0 Å². The predicted octanol–water partition coefficient (Wildman–Crippen LogP) is 2.07. The Labute approximate surface area is 71.5 Å². The molecule has 0 spiro atoms. The van der Waals surface area contributed by atoms with Crippen LogP contribution in [0.3, 0.4) is 0 Å². The fraction of sp³-hybridized carbons (Fsp3) is 0.444. The molecule has 0 amide bonds. The van der Waals surface area contributed by atoms with Crippen molar-refractivity contribution in [2.45, 2.75) is 19.8 Å². The normalized spacial score (nSPS) is 15.3. The summed E-state index contributed by atoms with van der Waals surface area (Å²) in [5.74, 6) is 0.920. The SMILES string of the molecule is CNc1nc2c(o1)C=C(C)CC2. The van der Waals surface area contributed by atoms with Gasteiger partial charge in [-0.25, -0.2) is 0 Å². The molecule has 1 aliphatic carbocycles. The number of fused-ring (bicyclic) bond motifs is 1. The first-order chi connectivity index (χ1) is 5.79. The molecule has 2 rings (SSSR count). The first-order valence-corrected chi connectivity index (χ1v) is 4.14. The summed E-state index contributed by atoms with van der Waals surface area (Å²) >= 11 is 0. The van der Waals surface area contributed by atoms with Gasteiger partial charge < -0.3 is 9.73 Å². The number of hydrogen-bond acceptors (Lipinski definition) is 3. The summed E-state index contributed by atoms with van der Waals surface area (Å²) in [6.07, 6.45) is 4.16. The van der Waals surface area contributed by atoms with Gasteiger partial charge in [0.05, 0.1) is 5.69 Å². The molecule has 3 heteroatoms. The molecule has 1 aromatic rings. The maximum absolute atomic E-state index is 5.43. The van der Waals surface area contributed by atoms with Crippen molar-refractivity contribution in [3.63, 3.8) is 0 Å². The smallest absolute Gasteiger partial charge is 0.295 e. The van der Waals surface area contributed by atoms with E-state index in [1.807, 2.05) is 7.05 Å². The second kappa shape index (κ2) is 2.66. The lowest BCUT2D eigenvalue weighted by atomic mass is 10.0. The first-order valence-electron chi connectivity index (χ1n) is 4.14. The third-order valence-electron chi connectivity index (χ3n) is 2.08. The molecule has 3 nitrogen and oxygen atoms in total. The maximum Gasteiger partial charge on any atom is 0.295 e. The Morgan fingerprint density at radius 2 is 2.33 bits per heavy atom. The van der Waals surface area contributed by atoms with Gasteiger partial charge >= 0.3 is 0 Å². The van der Waals surface area contributed by atoms with Crippen LogP contribution in [-0.4, -0.2) is 12.0 Å². The number of aromatic nitrogens is 1. The molecule has 0 aromatic carbocycles. The number of rotatable bonds is 1. The third-order valence-corrected chi connectivity index (χ3v) is 2.08. The van der Waals surface area contributed by atoms with Gasteiger partial charge in [0.2, 0.25) is 0 Å². The van der Waals surface area contributed by atoms with Crippen LogP contribution >= 0.6 is 0 Å². The van der Waals surface area contributed by atoms with Gasteiger partial charge in [0.25, 0.3) is 6.01 Å². The van der Waals surface area contributed by atoms with Crippen molar-refractivity contribution in [1.82, 2.24) is 4.98 Å². The van der Waals surface area contributed by atoms with Crippen LogP contribution in [0.2, 0.25) is 0 Å². The van der Waals surface area contributed by atoms with E-state index >= 15 is 0 Å². The molecule has 1 N–H and O–H groups in total. The Balaban J connectivity index is 2.41. The average Bonchev–Trinajstić information content (AvgIpc) is 2.46. The van der Waals surface area contributed by atoms with Crippen molar-refractivity contribution in [3.05, 3.63) is 17.0 Å². The molecule has 0 aliphatic heterocycles. The topological polar surface area (TPSA) is 38.1 Å². The van der Waals surface area contributed by atoms with E-state index < -0.39 is 0 Å². The standard InChI is InChI=1S/C9H12N2O/c1-6-3-4-7-8(5-6)12-9(10-2)11-7/h5H,3-4H2,1-2H3,(H,10,11). The highest BCUT2D eigenvalue weighted by Gasteiger charge is 2.14. The third kappa shape index (κ3) is 1.11. The molecule has 0 radical (unpaired) electrons. The van der Waals surface area contributed by atoms with Gasteiger partial charge in [-0.2, -0.15) is 4.98 Å². The summed E-state index contributed by atoms with van der Waals surface area (Å²) in [5.41, 5.74) is 2.44. The molecule has 1 aliphatic rings. The molecule has 0 saturated heterocycles. The fourth-order valence-corrected chi connectivity index (χ4v) is 1.37. The number of anilines is 1. The highest BCUT2D eigenvalue weighted by molar-refractivity contribution is 5.53. The van der Waals surface area contributed by atoms with Crippen molar-refractivity contribution in [2.75, 3.05) is 12.4 Å². The molecule has 0 unspecified atom stereocenters. The number of aryl methyl sites for hydroxylation is 1. The molecule has 0 bridgehead atoms. The van der Waals surface area contributed by atoms with Gasteiger partial charge in [-0.3, -0.25) is 0 Å². The highest BCUT2D eigenvalue weighted by Crippen LogP contribution is 2.25. The van der Waals surface area contributed by atoms with Gasteiger partial charge in [-0.1, -0.05) is 5.57 Å². The van der Waals surface area contributed by atoms with Crippen LogP contribution in [0.25, 0.3) is 6.08 Å². The lowest BCUT2D eigenvalue weighted by Gasteiger charge is -2.04. The Kier molecular flexibility index (Phi) is 1.64. The maximum atomic E-state index is 5.43. The molecule has 1 heterocycles. The highest BCUT2D eigenvalue weighted by atomic mass is 16.4. The van der Waals surface area contributed by atoms with E-state index in [1.165, 1.54) is 5.57 Å².